The van der Waals surface area contributed by atoms with E-state index in [2.05, 4.69) is 24.3 Å². The van der Waals surface area contributed by atoms with Gasteiger partial charge in [0, 0.05) is 23.3 Å². The summed E-state index contributed by atoms with van der Waals surface area (Å²) in [6.07, 6.45) is 6.91. The molecule has 1 saturated carbocycles. The van der Waals surface area contributed by atoms with Crippen LogP contribution in [0.5, 0.6) is 0 Å². The summed E-state index contributed by atoms with van der Waals surface area (Å²) in [5.74, 6) is -0.380. The maximum atomic E-state index is 12.3. The van der Waals surface area contributed by atoms with E-state index in [1.54, 1.807) is 11.8 Å². The minimum atomic E-state index is -0.826. The van der Waals surface area contributed by atoms with Crippen molar-refractivity contribution in [2.24, 2.45) is 11.8 Å². The number of thioether (sulfide) groups is 1. The molecule has 2 bridgehead atoms. The Hall–Kier alpha value is -2.88. The molecular weight excluding hydrogens is 595 g/mol. The third-order valence-electron chi connectivity index (χ3n) is 8.93. The molecule has 2 fully saturated rings. The Morgan fingerprint density at radius 2 is 1.59 bits per heavy atom. The third kappa shape index (κ3) is 9.58. The maximum Gasteiger partial charge on any atom is 0.494 e. The Balaban J connectivity index is 1.33. The summed E-state index contributed by atoms with van der Waals surface area (Å²) >= 11 is 1.54. The van der Waals surface area contributed by atoms with Gasteiger partial charge in [-0.1, -0.05) is 91.0 Å². The van der Waals surface area contributed by atoms with E-state index in [4.69, 9.17) is 14.0 Å². The average Bonchev–Trinajstić information content (AvgIpc) is 3.32. The van der Waals surface area contributed by atoms with Gasteiger partial charge in [-0.2, -0.15) is 0 Å². The summed E-state index contributed by atoms with van der Waals surface area (Å²) in [7, 11) is -0.496. The minimum Gasteiger partial charge on any atom is -0.463 e. The normalized spacial score (nSPS) is 23.0. The van der Waals surface area contributed by atoms with Crippen LogP contribution in [-0.4, -0.2) is 59.1 Å². The van der Waals surface area contributed by atoms with Crippen molar-refractivity contribution in [1.29, 1.82) is 0 Å². The van der Waals surface area contributed by atoms with E-state index in [9.17, 15) is 15.0 Å². The molecule has 7 atom stereocenters. The Kier molecular flexibility index (Phi) is 13.0. The fourth-order valence-electron chi connectivity index (χ4n) is 6.72. The molecule has 2 N–H and O–H groups in total. The fourth-order valence-corrected chi connectivity index (χ4v) is 7.96. The quantitative estimate of drug-likeness (QED) is 0.0617. The van der Waals surface area contributed by atoms with Crippen LogP contribution in [0.15, 0.2) is 108 Å². The minimum absolute atomic E-state index is 0.0102. The maximum absolute atomic E-state index is 12.3. The smallest absolute Gasteiger partial charge is 0.463 e. The van der Waals surface area contributed by atoms with Crippen LogP contribution in [0, 0.1) is 11.8 Å². The Morgan fingerprint density at radius 3 is 2.28 bits per heavy atom. The first-order valence-corrected chi connectivity index (χ1v) is 17.6. The molecule has 1 heterocycles. The number of rotatable bonds is 16. The molecule has 46 heavy (non-hydrogen) atoms. The van der Waals surface area contributed by atoms with Crippen molar-refractivity contribution in [2.75, 3.05) is 0 Å². The predicted octanol–water partition coefficient (Wildman–Crippen LogP) is 6.39. The number of fused-ring (bicyclic) bond motifs is 2. The highest BCUT2D eigenvalue weighted by atomic mass is 32.2. The van der Waals surface area contributed by atoms with Crippen LogP contribution in [0.3, 0.4) is 0 Å². The second kappa shape index (κ2) is 17.3. The number of carbonyl (C=O) groups is 1. The molecule has 5 rings (SSSR count). The Morgan fingerprint density at radius 1 is 0.935 bits per heavy atom. The number of aryl methyl sites for hydroxylation is 1. The zero-order chi connectivity index (χ0) is 32.3. The summed E-state index contributed by atoms with van der Waals surface area (Å²) in [4.78, 5) is 12.9. The van der Waals surface area contributed by atoms with Crippen molar-refractivity contribution in [2.45, 2.75) is 99.5 Å². The summed E-state index contributed by atoms with van der Waals surface area (Å²) in [5.41, 5.74) is 2.13. The Labute approximate surface area is 278 Å². The van der Waals surface area contributed by atoms with Crippen molar-refractivity contribution >= 4 is 30.3 Å². The molecule has 0 unspecified atom stereocenters. The number of hydrogen-bond acceptors (Lipinski definition) is 7. The highest BCUT2D eigenvalue weighted by Crippen LogP contribution is 2.47. The van der Waals surface area contributed by atoms with Gasteiger partial charge in [-0.15, -0.1) is 11.8 Å². The van der Waals surface area contributed by atoms with Gasteiger partial charge < -0.3 is 24.3 Å². The second-order valence-electron chi connectivity index (χ2n) is 12.7. The van der Waals surface area contributed by atoms with Crippen molar-refractivity contribution in [3.8, 4) is 0 Å². The molecule has 1 aliphatic carbocycles. The second-order valence-corrected chi connectivity index (χ2v) is 13.9. The zero-order valence-corrected chi connectivity index (χ0v) is 27.7. The topological polar surface area (TPSA) is 85.2 Å². The van der Waals surface area contributed by atoms with Crippen LogP contribution in [0.4, 0.5) is 0 Å². The number of carbonyl (C=O) groups excluding carboxylic acids is 1. The lowest BCUT2D eigenvalue weighted by atomic mass is 9.77. The number of unbranched alkanes of at least 4 members (excludes halogenated alkanes) is 1. The van der Waals surface area contributed by atoms with Crippen LogP contribution in [0.25, 0.3) is 0 Å². The first-order chi connectivity index (χ1) is 22.4. The molecule has 8 heteroatoms. The van der Waals surface area contributed by atoms with Gasteiger partial charge in [-0.3, -0.25) is 4.79 Å². The summed E-state index contributed by atoms with van der Waals surface area (Å²) < 4.78 is 18.4. The lowest BCUT2D eigenvalue weighted by Crippen LogP contribution is -2.48. The van der Waals surface area contributed by atoms with Crippen LogP contribution in [-0.2, 0) is 25.3 Å². The highest BCUT2D eigenvalue weighted by molar-refractivity contribution is 8.00. The van der Waals surface area contributed by atoms with Crippen molar-refractivity contribution in [1.82, 2.24) is 0 Å². The predicted molar refractivity (Wildman–Crippen MR) is 185 cm³/mol. The first-order valence-electron chi connectivity index (χ1n) is 16.7. The van der Waals surface area contributed by atoms with E-state index in [0.29, 0.717) is 25.7 Å². The standard InChI is InChI=1S/C38H47BO6S/c1-27(2)43-35(41)23-15-4-3-14-22-31-33-26-34(45-39(44-33)29-18-10-6-11-19-29)36(31)37(42)38(46-30-20-12-7-13-21-30)32(40)25-24-28-16-8-5-9-17-28/h3,5-14,16-21,27,31-34,36-38,40,42H,4,15,22-26H2,1-2H3/b14-3-/t31-,32-,33-,34+,36+,37+,38-/m0/s1. The van der Waals surface area contributed by atoms with Crippen LogP contribution >= 0.6 is 11.8 Å². The van der Waals surface area contributed by atoms with Gasteiger partial charge in [0.05, 0.1) is 29.7 Å². The van der Waals surface area contributed by atoms with E-state index in [1.807, 2.05) is 92.7 Å². The molecule has 2 aliphatic rings. The van der Waals surface area contributed by atoms with E-state index in [0.717, 1.165) is 29.6 Å². The van der Waals surface area contributed by atoms with Gasteiger partial charge in [0.2, 0.25) is 0 Å². The lowest BCUT2D eigenvalue weighted by molar-refractivity contribution is -0.147. The van der Waals surface area contributed by atoms with Crippen LogP contribution in [0.2, 0.25) is 0 Å². The van der Waals surface area contributed by atoms with Crippen molar-refractivity contribution < 1.29 is 29.1 Å². The summed E-state index contributed by atoms with van der Waals surface area (Å²) in [5, 5.41) is 23.5. The van der Waals surface area contributed by atoms with Crippen LogP contribution < -0.4 is 5.46 Å². The molecule has 1 aliphatic heterocycles. The fraction of sp³-hybridized carbons (Fsp3) is 0.447. The highest BCUT2D eigenvalue weighted by Gasteiger charge is 2.55. The largest absolute Gasteiger partial charge is 0.494 e. The number of aliphatic hydroxyl groups excluding tert-OH is 2. The van der Waals surface area contributed by atoms with Gasteiger partial charge in [0.25, 0.3) is 0 Å². The van der Waals surface area contributed by atoms with Crippen molar-refractivity contribution in [3.05, 3.63) is 109 Å². The number of aliphatic hydroxyl groups is 2. The lowest BCUT2D eigenvalue weighted by Gasteiger charge is -2.36. The summed E-state index contributed by atoms with van der Waals surface area (Å²) in [6.45, 7) is 3.72. The molecule has 1 saturated heterocycles. The zero-order valence-electron chi connectivity index (χ0n) is 26.9. The SMILES string of the molecule is CC(C)OC(=O)CCC/C=C\C[C@@H]1[C@@H]([C@@H](O)[C@@H](Sc2ccccc2)[C@@H](O)CCc2ccccc2)[C@H]2C[C@@H]1OB(c1ccccc1)O2. The van der Waals surface area contributed by atoms with Gasteiger partial charge in [0.15, 0.2) is 0 Å². The number of allylic oxidation sites excluding steroid dienone is 2. The van der Waals surface area contributed by atoms with Crippen molar-refractivity contribution in [3.63, 3.8) is 0 Å². The number of ether oxygens (including phenoxy) is 1. The number of benzene rings is 3. The molecule has 0 aromatic heterocycles. The molecule has 0 amide bonds. The number of esters is 1. The van der Waals surface area contributed by atoms with Crippen LogP contribution in [0.1, 0.15) is 57.9 Å². The third-order valence-corrected chi connectivity index (χ3v) is 10.3. The van der Waals surface area contributed by atoms with E-state index < -0.39 is 24.6 Å². The van der Waals surface area contributed by atoms with E-state index in [1.165, 1.54) is 5.56 Å². The first kappa shape index (κ1) is 34.5. The molecule has 6 nitrogen and oxygen atoms in total. The molecule has 3 aromatic carbocycles. The van der Waals surface area contributed by atoms with Gasteiger partial charge in [-0.25, -0.2) is 0 Å². The summed E-state index contributed by atoms with van der Waals surface area (Å²) in [6, 6.07) is 30.2. The Bertz CT molecular complexity index is 1360. The average molecular weight is 643 g/mol. The molecule has 0 spiro atoms. The molecule has 0 radical (unpaired) electrons. The molecule has 244 valence electrons. The van der Waals surface area contributed by atoms with E-state index >= 15 is 0 Å². The van der Waals surface area contributed by atoms with Gasteiger partial charge in [0.1, 0.15) is 0 Å². The monoisotopic (exact) mass is 642 g/mol. The van der Waals surface area contributed by atoms with Gasteiger partial charge in [-0.05, 0) is 81.4 Å². The van der Waals surface area contributed by atoms with E-state index in [-0.39, 0.29) is 36.1 Å². The molecular formula is C38H47BO6S. The van der Waals surface area contributed by atoms with Gasteiger partial charge >= 0.3 is 13.1 Å². The molecule has 3 aromatic rings. The number of hydrogen-bond donors (Lipinski definition) is 2.